The number of nitrogens with zero attached hydrogens (tertiary/aromatic N) is 4. The Balaban J connectivity index is 1.15. The second-order valence-electron chi connectivity index (χ2n) is 9.70. The zero-order valence-electron chi connectivity index (χ0n) is 17.7. The lowest BCUT2D eigenvalue weighted by molar-refractivity contribution is 0.214. The van der Waals surface area contributed by atoms with Crippen LogP contribution in [0.1, 0.15) is 49.2 Å². The summed E-state index contributed by atoms with van der Waals surface area (Å²) in [5.74, 6) is 0.490. The fraction of sp³-hybridized carbons (Fsp3) is 0.542. The van der Waals surface area contributed by atoms with E-state index in [1.54, 1.807) is 12.3 Å². The molecule has 162 valence electrons. The molecule has 7 heteroatoms. The van der Waals surface area contributed by atoms with Crippen molar-refractivity contribution in [3.05, 3.63) is 57.8 Å². The normalized spacial score (nSPS) is 24.9. The van der Waals surface area contributed by atoms with E-state index in [1.807, 2.05) is 0 Å². The van der Waals surface area contributed by atoms with Crippen LogP contribution in [-0.4, -0.2) is 52.1 Å². The molecule has 3 heterocycles. The van der Waals surface area contributed by atoms with Crippen molar-refractivity contribution < 1.29 is 4.39 Å². The summed E-state index contributed by atoms with van der Waals surface area (Å²) in [4.78, 5) is 29.4. The Kier molecular flexibility index (Phi) is 4.49. The van der Waals surface area contributed by atoms with Crippen molar-refractivity contribution >= 4 is 11.3 Å². The quantitative estimate of drug-likeness (QED) is 0.826. The number of anilines is 1. The molecule has 1 spiro atoms. The first-order chi connectivity index (χ1) is 15.1. The van der Waals surface area contributed by atoms with Gasteiger partial charge in [0.25, 0.3) is 5.56 Å². The van der Waals surface area contributed by atoms with Crippen molar-refractivity contribution in [3.8, 4) is 0 Å². The zero-order valence-corrected chi connectivity index (χ0v) is 17.7. The molecule has 1 atom stereocenters. The van der Waals surface area contributed by atoms with Gasteiger partial charge in [0.2, 0.25) is 0 Å². The fourth-order valence-electron chi connectivity index (χ4n) is 5.61. The van der Waals surface area contributed by atoms with Gasteiger partial charge in [-0.15, -0.1) is 0 Å². The third-order valence-corrected chi connectivity index (χ3v) is 7.75. The van der Waals surface area contributed by atoms with E-state index in [0.29, 0.717) is 11.5 Å². The molecule has 1 N–H and O–H groups in total. The third-order valence-electron chi connectivity index (χ3n) is 7.75. The van der Waals surface area contributed by atoms with Crippen molar-refractivity contribution in [1.82, 2.24) is 19.9 Å². The van der Waals surface area contributed by atoms with Crippen LogP contribution in [0.2, 0.25) is 0 Å². The molecular weight excluding hydrogens is 393 g/mol. The summed E-state index contributed by atoms with van der Waals surface area (Å²) in [7, 11) is 0. The van der Waals surface area contributed by atoms with Gasteiger partial charge in [0, 0.05) is 43.9 Å². The SMILES string of the molecule is O=c1[nH]c(C2=C[C@H](N3CCN(c4cncc(F)c4)CC3)CC2)nc2c1CC1(CC2)CC1. The highest BCUT2D eigenvalue weighted by molar-refractivity contribution is 5.63. The second-order valence-corrected chi connectivity index (χ2v) is 9.70. The van der Waals surface area contributed by atoms with Gasteiger partial charge in [0.1, 0.15) is 11.6 Å². The molecule has 0 radical (unpaired) electrons. The first-order valence-electron chi connectivity index (χ1n) is 11.5. The number of rotatable bonds is 3. The van der Waals surface area contributed by atoms with Gasteiger partial charge < -0.3 is 9.88 Å². The summed E-state index contributed by atoms with van der Waals surface area (Å²) in [6, 6.07) is 1.93. The van der Waals surface area contributed by atoms with Gasteiger partial charge in [-0.05, 0) is 55.9 Å². The Labute approximate surface area is 181 Å². The Morgan fingerprint density at radius 1 is 1.10 bits per heavy atom. The van der Waals surface area contributed by atoms with E-state index in [-0.39, 0.29) is 11.4 Å². The zero-order chi connectivity index (χ0) is 21.0. The van der Waals surface area contributed by atoms with Gasteiger partial charge in [-0.1, -0.05) is 6.08 Å². The lowest BCUT2D eigenvalue weighted by Crippen LogP contribution is -2.49. The van der Waals surface area contributed by atoms with Crippen LogP contribution in [0.3, 0.4) is 0 Å². The first-order valence-corrected chi connectivity index (χ1v) is 11.5. The van der Waals surface area contributed by atoms with E-state index in [2.05, 4.69) is 25.8 Å². The Morgan fingerprint density at radius 2 is 1.94 bits per heavy atom. The van der Waals surface area contributed by atoms with Gasteiger partial charge in [-0.3, -0.25) is 14.7 Å². The number of nitrogens with one attached hydrogen (secondary N) is 1. The predicted octanol–water partition coefficient (Wildman–Crippen LogP) is 2.94. The number of aryl methyl sites for hydroxylation is 1. The summed E-state index contributed by atoms with van der Waals surface area (Å²) in [6.45, 7) is 3.59. The van der Waals surface area contributed by atoms with Crippen molar-refractivity contribution in [1.29, 1.82) is 0 Å². The number of halogens is 1. The van der Waals surface area contributed by atoms with E-state index in [9.17, 15) is 9.18 Å². The molecule has 31 heavy (non-hydrogen) atoms. The number of aromatic amines is 1. The van der Waals surface area contributed by atoms with Gasteiger partial charge in [-0.25, -0.2) is 9.37 Å². The molecule has 2 aromatic rings. The van der Waals surface area contributed by atoms with Crippen molar-refractivity contribution in [2.45, 2.75) is 51.0 Å². The molecule has 1 aliphatic heterocycles. The fourth-order valence-corrected chi connectivity index (χ4v) is 5.61. The Morgan fingerprint density at radius 3 is 2.71 bits per heavy atom. The minimum atomic E-state index is -0.290. The van der Waals surface area contributed by atoms with E-state index in [0.717, 1.165) is 74.6 Å². The van der Waals surface area contributed by atoms with Crippen LogP contribution >= 0.6 is 0 Å². The number of fused-ring (bicyclic) bond motifs is 1. The number of pyridine rings is 1. The molecule has 6 rings (SSSR count). The average molecular weight is 422 g/mol. The summed E-state index contributed by atoms with van der Waals surface area (Å²) in [5.41, 5.74) is 4.49. The second kappa shape index (κ2) is 7.26. The molecule has 6 nitrogen and oxygen atoms in total. The standard InChI is InChI=1S/C24H28FN5O/c25-17-12-19(15-26-14-17)30-9-7-29(8-10-30)18-2-1-16(11-18)22-27-21-3-4-24(5-6-24)13-20(21)23(31)28-22/h11-12,14-15,18H,1-10,13H2,(H,27,28,31)/t18-/m1/s1. The van der Waals surface area contributed by atoms with Gasteiger partial charge in [0.15, 0.2) is 0 Å². The van der Waals surface area contributed by atoms with Crippen LogP contribution < -0.4 is 10.5 Å². The molecule has 2 fully saturated rings. The highest BCUT2D eigenvalue weighted by Crippen LogP contribution is 2.53. The van der Waals surface area contributed by atoms with Crippen molar-refractivity contribution in [3.63, 3.8) is 0 Å². The number of aromatic nitrogens is 3. The number of allylic oxidation sites excluding steroid dienone is 1. The molecule has 0 bridgehead atoms. The van der Waals surface area contributed by atoms with Crippen LogP contribution in [0.5, 0.6) is 0 Å². The maximum Gasteiger partial charge on any atom is 0.254 e. The number of hydrogen-bond donors (Lipinski definition) is 1. The smallest absolute Gasteiger partial charge is 0.254 e. The largest absolute Gasteiger partial charge is 0.368 e. The minimum Gasteiger partial charge on any atom is -0.368 e. The minimum absolute atomic E-state index is 0.0765. The third kappa shape index (κ3) is 3.59. The molecule has 4 aliphatic rings. The topological polar surface area (TPSA) is 65.1 Å². The molecule has 0 aromatic carbocycles. The highest BCUT2D eigenvalue weighted by Gasteiger charge is 2.45. The molecule has 1 saturated carbocycles. The summed E-state index contributed by atoms with van der Waals surface area (Å²) < 4.78 is 13.5. The van der Waals surface area contributed by atoms with Crippen LogP contribution in [0.4, 0.5) is 10.1 Å². The molecule has 0 unspecified atom stereocenters. The molecule has 2 aromatic heterocycles. The van der Waals surface area contributed by atoms with Crippen LogP contribution in [0.25, 0.3) is 5.57 Å². The first kappa shape index (κ1) is 19.2. The van der Waals surface area contributed by atoms with Crippen LogP contribution in [0, 0.1) is 11.2 Å². The van der Waals surface area contributed by atoms with E-state index < -0.39 is 0 Å². The van der Waals surface area contributed by atoms with E-state index >= 15 is 0 Å². The Bertz CT molecular complexity index is 1100. The molecular formula is C24H28FN5O. The van der Waals surface area contributed by atoms with Crippen LogP contribution in [-0.2, 0) is 12.8 Å². The van der Waals surface area contributed by atoms with E-state index in [4.69, 9.17) is 4.98 Å². The van der Waals surface area contributed by atoms with Crippen molar-refractivity contribution in [2.24, 2.45) is 5.41 Å². The van der Waals surface area contributed by atoms with Gasteiger partial charge >= 0.3 is 0 Å². The summed E-state index contributed by atoms with van der Waals surface area (Å²) >= 11 is 0. The predicted molar refractivity (Wildman–Crippen MR) is 118 cm³/mol. The van der Waals surface area contributed by atoms with Gasteiger partial charge in [-0.2, -0.15) is 0 Å². The lowest BCUT2D eigenvalue weighted by atomic mass is 9.84. The van der Waals surface area contributed by atoms with Gasteiger partial charge in [0.05, 0.1) is 23.8 Å². The average Bonchev–Trinajstić information content (AvgIpc) is 3.34. The maximum absolute atomic E-state index is 13.5. The maximum atomic E-state index is 13.5. The molecule has 0 amide bonds. The van der Waals surface area contributed by atoms with Crippen molar-refractivity contribution in [2.75, 3.05) is 31.1 Å². The highest BCUT2D eigenvalue weighted by atomic mass is 19.1. The monoisotopic (exact) mass is 421 g/mol. The molecule has 3 aliphatic carbocycles. The molecule has 1 saturated heterocycles. The van der Waals surface area contributed by atoms with Crippen LogP contribution in [0.15, 0.2) is 29.3 Å². The summed E-state index contributed by atoms with van der Waals surface area (Å²) in [5, 5.41) is 0. The Hall–Kier alpha value is -2.54. The summed E-state index contributed by atoms with van der Waals surface area (Å²) in [6.07, 6.45) is 12.9. The number of hydrogen-bond acceptors (Lipinski definition) is 5. The lowest BCUT2D eigenvalue weighted by Gasteiger charge is -2.38. The van der Waals surface area contributed by atoms with E-state index in [1.165, 1.54) is 31.0 Å². The number of H-pyrrole nitrogens is 1. The number of piperazine rings is 1.